The van der Waals surface area contributed by atoms with Gasteiger partial charge >= 0.3 is 18.0 Å². The highest BCUT2D eigenvalue weighted by Gasteiger charge is 2.50. The van der Waals surface area contributed by atoms with Crippen molar-refractivity contribution in [1.29, 1.82) is 0 Å². The van der Waals surface area contributed by atoms with E-state index in [0.29, 0.717) is 12.7 Å². The first-order chi connectivity index (χ1) is 19.7. The van der Waals surface area contributed by atoms with Crippen LogP contribution in [-0.2, 0) is 46.7 Å². The number of hydrogen-bond donors (Lipinski definition) is 3. The Morgan fingerprint density at radius 1 is 0.951 bits per heavy atom. The molecule has 0 saturated carbocycles. The number of carbonyl (C=O) groups excluding carboxylic acids is 5. The predicted octanol–water partition coefficient (Wildman–Crippen LogP) is 1.96. The molecule has 3 amide bonds. The quantitative estimate of drug-likeness (QED) is 0.228. The van der Waals surface area contributed by atoms with Gasteiger partial charge in [-0.05, 0) is 30.4 Å². The molecule has 0 bridgehead atoms. The number of aliphatic carboxylic acids is 1. The highest BCUT2D eigenvalue weighted by molar-refractivity contribution is 5.96. The average Bonchev–Trinajstić information content (AvgIpc) is 3.41. The molecule has 2 atom stereocenters. The molecule has 41 heavy (non-hydrogen) atoms. The molecule has 1 saturated heterocycles. The van der Waals surface area contributed by atoms with E-state index in [2.05, 4.69) is 10.6 Å². The minimum Gasteiger partial charge on any atom is -0.480 e. The van der Waals surface area contributed by atoms with Crippen molar-refractivity contribution in [2.75, 3.05) is 13.1 Å². The first-order valence-electron chi connectivity index (χ1n) is 13.2. The smallest absolute Gasteiger partial charge is 0.407 e. The van der Waals surface area contributed by atoms with Crippen molar-refractivity contribution < 1.29 is 43.3 Å². The van der Waals surface area contributed by atoms with E-state index in [0.717, 1.165) is 11.1 Å². The van der Waals surface area contributed by atoms with Crippen molar-refractivity contribution in [2.45, 2.75) is 56.9 Å². The molecule has 0 aliphatic carbocycles. The van der Waals surface area contributed by atoms with E-state index in [4.69, 9.17) is 9.47 Å². The molecular weight excluding hydrogens is 534 g/mol. The highest BCUT2D eigenvalue weighted by atomic mass is 16.5. The van der Waals surface area contributed by atoms with E-state index in [1.54, 1.807) is 48.5 Å². The summed E-state index contributed by atoms with van der Waals surface area (Å²) in [5.41, 5.74) is -0.104. The molecule has 3 N–H and O–H groups in total. The Morgan fingerprint density at radius 3 is 2.15 bits per heavy atom. The molecule has 2 aromatic carbocycles. The van der Waals surface area contributed by atoms with Gasteiger partial charge in [0.25, 0.3) is 0 Å². The maximum atomic E-state index is 13.4. The summed E-state index contributed by atoms with van der Waals surface area (Å²) in [5.74, 6) is -3.48. The molecule has 1 heterocycles. The van der Waals surface area contributed by atoms with E-state index in [1.165, 1.54) is 4.90 Å². The third-order valence-electron chi connectivity index (χ3n) is 6.71. The highest BCUT2D eigenvalue weighted by Crippen LogP contribution is 2.32. The Labute approximate surface area is 237 Å². The van der Waals surface area contributed by atoms with Gasteiger partial charge in [0.2, 0.25) is 11.8 Å². The van der Waals surface area contributed by atoms with Crippen molar-refractivity contribution in [1.82, 2.24) is 15.5 Å². The lowest BCUT2D eigenvalue weighted by atomic mass is 9.90. The van der Waals surface area contributed by atoms with Gasteiger partial charge in [-0.1, -0.05) is 60.7 Å². The van der Waals surface area contributed by atoms with Crippen LogP contribution < -0.4 is 10.6 Å². The number of benzene rings is 2. The molecule has 0 aromatic heterocycles. The zero-order valence-corrected chi connectivity index (χ0v) is 22.5. The van der Waals surface area contributed by atoms with Gasteiger partial charge in [-0.25, -0.2) is 9.59 Å². The molecule has 2 aromatic rings. The second kappa shape index (κ2) is 15.2. The maximum Gasteiger partial charge on any atom is 0.407 e. The summed E-state index contributed by atoms with van der Waals surface area (Å²) in [7, 11) is 0. The standard InChI is InChI=1S/C29H33N3O9/c33-17-15-29(14-7-16-32(29)24(34)18-30-28(39)41-20-22-10-5-2-6-11-22)27(38)31-23(26(36)37)12-13-25(35)40-19-21-8-3-1-4-9-21/h1-6,8-11,17,23H,7,12-16,18-20H2,(H,30,39)(H,31,38)(H,36,37)/t23-,29+/m0/s1. The molecule has 0 radical (unpaired) electrons. The summed E-state index contributed by atoms with van der Waals surface area (Å²) in [5, 5.41) is 14.4. The Morgan fingerprint density at radius 2 is 1.56 bits per heavy atom. The van der Waals surface area contributed by atoms with Crippen molar-refractivity contribution >= 4 is 36.1 Å². The van der Waals surface area contributed by atoms with Crippen molar-refractivity contribution in [3.05, 3.63) is 71.8 Å². The lowest BCUT2D eigenvalue weighted by Gasteiger charge is -2.36. The second-order valence-corrected chi connectivity index (χ2v) is 9.52. The summed E-state index contributed by atoms with van der Waals surface area (Å²) in [6.07, 6.45) is -0.742. The average molecular weight is 568 g/mol. The number of aldehydes is 1. The van der Waals surface area contributed by atoms with Crippen LogP contribution in [0.25, 0.3) is 0 Å². The number of likely N-dealkylation sites (tertiary alicyclic amines) is 1. The van der Waals surface area contributed by atoms with Crippen LogP contribution in [0.3, 0.4) is 0 Å². The predicted molar refractivity (Wildman–Crippen MR) is 144 cm³/mol. The van der Waals surface area contributed by atoms with Crippen LogP contribution in [0.4, 0.5) is 4.79 Å². The second-order valence-electron chi connectivity index (χ2n) is 9.52. The normalized spacial score (nSPS) is 16.7. The number of carboxylic acid groups (broad SMARTS) is 1. The first kappa shape index (κ1) is 30.8. The fraction of sp³-hybridized carbons (Fsp3) is 0.379. The van der Waals surface area contributed by atoms with Gasteiger partial charge in [0.05, 0.1) is 0 Å². The minimum absolute atomic E-state index is 0.00155. The van der Waals surface area contributed by atoms with Crippen molar-refractivity contribution in [3.63, 3.8) is 0 Å². The number of amides is 3. The number of alkyl carbamates (subject to hydrolysis) is 1. The molecule has 0 spiro atoms. The van der Waals surface area contributed by atoms with E-state index >= 15 is 0 Å². The van der Waals surface area contributed by atoms with Gasteiger partial charge in [0, 0.05) is 19.4 Å². The molecule has 1 fully saturated rings. The van der Waals surface area contributed by atoms with Gasteiger partial charge in [0.15, 0.2) is 0 Å². The molecule has 12 heteroatoms. The third-order valence-corrected chi connectivity index (χ3v) is 6.71. The van der Waals surface area contributed by atoms with Crippen LogP contribution >= 0.6 is 0 Å². The fourth-order valence-electron chi connectivity index (χ4n) is 4.56. The molecule has 218 valence electrons. The maximum absolute atomic E-state index is 13.4. The molecule has 12 nitrogen and oxygen atoms in total. The van der Waals surface area contributed by atoms with E-state index < -0.39 is 48.0 Å². The Bertz CT molecular complexity index is 1220. The molecule has 0 unspecified atom stereocenters. The summed E-state index contributed by atoms with van der Waals surface area (Å²) in [4.78, 5) is 75.3. The van der Waals surface area contributed by atoms with Crippen molar-refractivity contribution in [3.8, 4) is 0 Å². The lowest BCUT2D eigenvalue weighted by molar-refractivity contribution is -0.149. The monoisotopic (exact) mass is 567 g/mol. The topological polar surface area (TPSA) is 168 Å². The lowest BCUT2D eigenvalue weighted by Crippen LogP contribution is -2.61. The summed E-state index contributed by atoms with van der Waals surface area (Å²) < 4.78 is 10.3. The zero-order chi connectivity index (χ0) is 29.7. The number of carboxylic acids is 1. The van der Waals surface area contributed by atoms with Crippen LogP contribution in [0.5, 0.6) is 0 Å². The van der Waals surface area contributed by atoms with Gasteiger partial charge in [0.1, 0.15) is 37.6 Å². The number of carbonyl (C=O) groups is 6. The van der Waals surface area contributed by atoms with E-state index in [9.17, 15) is 33.9 Å². The third kappa shape index (κ3) is 8.88. The largest absolute Gasteiger partial charge is 0.480 e. The molecular formula is C29H33N3O9. The zero-order valence-electron chi connectivity index (χ0n) is 22.5. The fourth-order valence-corrected chi connectivity index (χ4v) is 4.56. The Hall–Kier alpha value is -4.74. The molecule has 1 aliphatic heterocycles. The van der Waals surface area contributed by atoms with Crippen LogP contribution in [-0.4, -0.2) is 70.8 Å². The Kier molecular flexibility index (Phi) is 11.4. The summed E-state index contributed by atoms with van der Waals surface area (Å²) in [6.45, 7) is -0.336. The number of ether oxygens (including phenoxy) is 2. The number of nitrogens with zero attached hydrogens (tertiary/aromatic N) is 1. The van der Waals surface area contributed by atoms with Crippen LogP contribution in [0.15, 0.2) is 60.7 Å². The summed E-state index contributed by atoms with van der Waals surface area (Å²) in [6, 6.07) is 16.4. The number of nitrogens with one attached hydrogen (secondary N) is 2. The van der Waals surface area contributed by atoms with Gasteiger partial charge in [-0.3, -0.25) is 14.4 Å². The summed E-state index contributed by atoms with van der Waals surface area (Å²) >= 11 is 0. The van der Waals surface area contributed by atoms with Crippen molar-refractivity contribution in [2.24, 2.45) is 0 Å². The molecule has 3 rings (SSSR count). The van der Waals surface area contributed by atoms with Crippen LogP contribution in [0, 0.1) is 0 Å². The number of esters is 1. The minimum atomic E-state index is -1.63. The first-order valence-corrected chi connectivity index (χ1v) is 13.2. The van der Waals surface area contributed by atoms with E-state index in [-0.39, 0.29) is 45.4 Å². The van der Waals surface area contributed by atoms with Gasteiger partial charge in [-0.15, -0.1) is 0 Å². The number of hydrogen-bond acceptors (Lipinski definition) is 8. The van der Waals surface area contributed by atoms with Gasteiger partial charge in [-0.2, -0.15) is 0 Å². The molecule has 1 aliphatic rings. The van der Waals surface area contributed by atoms with Crippen LogP contribution in [0.1, 0.15) is 43.2 Å². The van der Waals surface area contributed by atoms with Gasteiger partial charge < -0.3 is 34.9 Å². The number of rotatable bonds is 14. The van der Waals surface area contributed by atoms with E-state index in [1.807, 2.05) is 12.1 Å². The van der Waals surface area contributed by atoms with Crippen LogP contribution in [0.2, 0.25) is 0 Å². The SMILES string of the molecule is O=CC[C@@]1(C(=O)N[C@@H](CCC(=O)OCc2ccccc2)C(=O)O)CCCN1C(=O)CNC(=O)OCc1ccccc1. The Balaban J connectivity index is 1.56.